The Balaban J connectivity index is 1.77. The molecule has 0 fully saturated rings. The van der Waals surface area contributed by atoms with Gasteiger partial charge in [0.1, 0.15) is 12.4 Å². The van der Waals surface area contributed by atoms with Crippen molar-refractivity contribution >= 4 is 0 Å². The summed E-state index contributed by atoms with van der Waals surface area (Å²) in [4.78, 5) is 0. The highest BCUT2D eigenvalue weighted by Crippen LogP contribution is 2.15. The van der Waals surface area contributed by atoms with E-state index in [0.717, 1.165) is 31.9 Å². The molecule has 3 heteroatoms. The molecule has 0 aliphatic carbocycles. The fraction of sp³-hybridized carbons (Fsp3) is 0.333. The Hall–Kier alpha value is -1.84. The third kappa shape index (κ3) is 5.98. The second kappa shape index (κ2) is 9.16. The van der Waals surface area contributed by atoms with E-state index < -0.39 is 0 Å². The van der Waals surface area contributed by atoms with Gasteiger partial charge >= 0.3 is 0 Å². The first-order valence-electron chi connectivity index (χ1n) is 7.55. The first-order chi connectivity index (χ1) is 10.4. The minimum absolute atomic E-state index is 0.609. The topological polar surface area (TPSA) is 33.3 Å². The molecular formula is C18H24N2O. The second-order valence-electron chi connectivity index (χ2n) is 4.95. The molecule has 3 nitrogen and oxygen atoms in total. The van der Waals surface area contributed by atoms with Crippen molar-refractivity contribution in [3.63, 3.8) is 0 Å². The molecule has 0 aliphatic heterocycles. The predicted molar refractivity (Wildman–Crippen MR) is 87.5 cm³/mol. The van der Waals surface area contributed by atoms with Gasteiger partial charge in [0.15, 0.2) is 0 Å². The van der Waals surface area contributed by atoms with Gasteiger partial charge in [-0.15, -0.1) is 0 Å². The van der Waals surface area contributed by atoms with Crippen molar-refractivity contribution in [1.82, 2.24) is 10.6 Å². The maximum Gasteiger partial charge on any atom is 0.120 e. The van der Waals surface area contributed by atoms with E-state index in [4.69, 9.17) is 4.74 Å². The number of ether oxygens (including phenoxy) is 1. The van der Waals surface area contributed by atoms with E-state index in [1.54, 1.807) is 0 Å². The van der Waals surface area contributed by atoms with Gasteiger partial charge in [-0.1, -0.05) is 49.4 Å². The average Bonchev–Trinajstić information content (AvgIpc) is 2.54. The normalized spacial score (nSPS) is 10.5. The average molecular weight is 284 g/mol. The summed E-state index contributed by atoms with van der Waals surface area (Å²) in [5, 5.41) is 6.72. The minimum Gasteiger partial charge on any atom is -0.489 e. The highest BCUT2D eigenvalue weighted by molar-refractivity contribution is 5.29. The molecule has 0 unspecified atom stereocenters. The molecule has 112 valence electrons. The smallest absolute Gasteiger partial charge is 0.120 e. The largest absolute Gasteiger partial charge is 0.489 e. The van der Waals surface area contributed by atoms with Crippen LogP contribution in [0.1, 0.15) is 18.1 Å². The van der Waals surface area contributed by atoms with E-state index >= 15 is 0 Å². The Labute approximate surface area is 127 Å². The molecule has 2 aromatic rings. The number of hydrogen-bond donors (Lipinski definition) is 2. The van der Waals surface area contributed by atoms with Crippen molar-refractivity contribution in [3.05, 3.63) is 65.7 Å². The molecule has 0 aliphatic rings. The SMILES string of the molecule is CCNCCNCc1cccc(OCc2ccccc2)c1. The van der Waals surface area contributed by atoms with E-state index in [2.05, 4.69) is 41.8 Å². The van der Waals surface area contributed by atoms with Gasteiger partial charge in [-0.3, -0.25) is 0 Å². The Bertz CT molecular complexity index is 514. The van der Waals surface area contributed by atoms with Crippen LogP contribution in [0.2, 0.25) is 0 Å². The van der Waals surface area contributed by atoms with Crippen LogP contribution in [0.15, 0.2) is 54.6 Å². The highest BCUT2D eigenvalue weighted by Gasteiger charge is 1.98. The van der Waals surface area contributed by atoms with Crippen LogP contribution >= 0.6 is 0 Å². The molecule has 0 aromatic heterocycles. The molecule has 0 atom stereocenters. The van der Waals surface area contributed by atoms with Crippen molar-refractivity contribution in [1.29, 1.82) is 0 Å². The Kier molecular flexibility index (Phi) is 6.78. The van der Waals surface area contributed by atoms with Gasteiger partial charge in [-0.2, -0.15) is 0 Å². The lowest BCUT2D eigenvalue weighted by Crippen LogP contribution is -2.26. The first-order valence-corrected chi connectivity index (χ1v) is 7.55. The molecule has 21 heavy (non-hydrogen) atoms. The highest BCUT2D eigenvalue weighted by atomic mass is 16.5. The number of hydrogen-bond acceptors (Lipinski definition) is 3. The summed E-state index contributed by atoms with van der Waals surface area (Å²) in [7, 11) is 0. The Morgan fingerprint density at radius 2 is 1.62 bits per heavy atom. The third-order valence-electron chi connectivity index (χ3n) is 3.20. The van der Waals surface area contributed by atoms with Gasteiger partial charge in [0.25, 0.3) is 0 Å². The van der Waals surface area contributed by atoms with Crippen molar-refractivity contribution in [2.75, 3.05) is 19.6 Å². The van der Waals surface area contributed by atoms with Crippen molar-refractivity contribution in [2.24, 2.45) is 0 Å². The van der Waals surface area contributed by atoms with Crippen LogP contribution in [0.5, 0.6) is 5.75 Å². The maximum atomic E-state index is 5.84. The molecule has 2 aromatic carbocycles. The molecule has 2 N–H and O–H groups in total. The molecule has 0 amide bonds. The minimum atomic E-state index is 0.609. The van der Waals surface area contributed by atoms with Crippen LogP contribution in [-0.4, -0.2) is 19.6 Å². The number of benzene rings is 2. The van der Waals surface area contributed by atoms with E-state index in [9.17, 15) is 0 Å². The Morgan fingerprint density at radius 1 is 0.857 bits per heavy atom. The zero-order valence-corrected chi connectivity index (χ0v) is 12.6. The van der Waals surface area contributed by atoms with Gasteiger partial charge in [-0.05, 0) is 29.8 Å². The van der Waals surface area contributed by atoms with Gasteiger partial charge in [-0.25, -0.2) is 0 Å². The second-order valence-corrected chi connectivity index (χ2v) is 4.95. The van der Waals surface area contributed by atoms with Crippen LogP contribution in [0.4, 0.5) is 0 Å². The summed E-state index contributed by atoms with van der Waals surface area (Å²) in [5.74, 6) is 0.921. The van der Waals surface area contributed by atoms with Crippen LogP contribution in [0.25, 0.3) is 0 Å². The predicted octanol–water partition coefficient (Wildman–Crippen LogP) is 2.96. The fourth-order valence-electron chi connectivity index (χ4n) is 2.07. The van der Waals surface area contributed by atoms with Crippen molar-refractivity contribution in [3.8, 4) is 5.75 Å². The zero-order valence-electron chi connectivity index (χ0n) is 12.6. The van der Waals surface area contributed by atoms with Crippen LogP contribution in [0.3, 0.4) is 0 Å². The van der Waals surface area contributed by atoms with E-state index in [-0.39, 0.29) is 0 Å². The van der Waals surface area contributed by atoms with Gasteiger partial charge in [0.05, 0.1) is 0 Å². The van der Waals surface area contributed by atoms with Crippen LogP contribution in [-0.2, 0) is 13.2 Å². The number of nitrogens with one attached hydrogen (secondary N) is 2. The lowest BCUT2D eigenvalue weighted by molar-refractivity contribution is 0.306. The van der Waals surface area contributed by atoms with E-state index in [0.29, 0.717) is 6.61 Å². The van der Waals surface area contributed by atoms with Gasteiger partial charge < -0.3 is 15.4 Å². The number of rotatable bonds is 9. The summed E-state index contributed by atoms with van der Waals surface area (Å²) in [6.07, 6.45) is 0. The molecule has 0 bridgehead atoms. The fourth-order valence-corrected chi connectivity index (χ4v) is 2.07. The maximum absolute atomic E-state index is 5.84. The summed E-state index contributed by atoms with van der Waals surface area (Å²) in [5.41, 5.74) is 2.43. The summed E-state index contributed by atoms with van der Waals surface area (Å²) in [6.45, 7) is 6.59. The monoisotopic (exact) mass is 284 g/mol. The van der Waals surface area contributed by atoms with Crippen LogP contribution < -0.4 is 15.4 Å². The molecule has 0 saturated carbocycles. The molecule has 0 radical (unpaired) electrons. The van der Waals surface area contributed by atoms with Crippen LogP contribution in [0, 0.1) is 0 Å². The van der Waals surface area contributed by atoms with Crippen molar-refractivity contribution < 1.29 is 4.74 Å². The summed E-state index contributed by atoms with van der Waals surface area (Å²) >= 11 is 0. The van der Waals surface area contributed by atoms with Crippen molar-refractivity contribution in [2.45, 2.75) is 20.1 Å². The summed E-state index contributed by atoms with van der Waals surface area (Å²) in [6, 6.07) is 18.5. The number of likely N-dealkylation sites (N-methyl/N-ethyl adjacent to an activating group) is 1. The molecule has 0 spiro atoms. The lowest BCUT2D eigenvalue weighted by Gasteiger charge is -2.09. The lowest BCUT2D eigenvalue weighted by atomic mass is 10.2. The molecule has 0 heterocycles. The van der Waals surface area contributed by atoms with E-state index in [1.807, 2.05) is 30.3 Å². The van der Waals surface area contributed by atoms with E-state index in [1.165, 1.54) is 11.1 Å². The Morgan fingerprint density at radius 3 is 2.43 bits per heavy atom. The molecular weight excluding hydrogens is 260 g/mol. The molecule has 0 saturated heterocycles. The third-order valence-corrected chi connectivity index (χ3v) is 3.20. The zero-order chi connectivity index (χ0) is 14.8. The standard InChI is InChI=1S/C18H24N2O/c1-2-19-11-12-20-14-17-9-6-10-18(13-17)21-15-16-7-4-3-5-8-16/h3-10,13,19-20H,2,11-12,14-15H2,1H3. The summed E-state index contributed by atoms with van der Waals surface area (Å²) < 4.78 is 5.84. The first kappa shape index (κ1) is 15.5. The van der Waals surface area contributed by atoms with Gasteiger partial charge in [0, 0.05) is 19.6 Å². The quantitative estimate of drug-likeness (QED) is 0.695. The van der Waals surface area contributed by atoms with Gasteiger partial charge in [0.2, 0.25) is 0 Å². The molecule has 2 rings (SSSR count).